The molecule has 0 saturated heterocycles. The Morgan fingerprint density at radius 1 is 0.611 bits per heavy atom. The average molecular weight is 463 g/mol. The van der Waals surface area contributed by atoms with Crippen LogP contribution >= 0.6 is 0 Å². The normalized spacial score (nSPS) is 11.9. The lowest BCUT2D eigenvalue weighted by molar-refractivity contribution is 0.652. The fraction of sp³-hybridized carbons (Fsp3) is 0. The number of benzene rings is 4. The first-order chi connectivity index (χ1) is 17.8. The highest BCUT2D eigenvalue weighted by Gasteiger charge is 2.21. The zero-order valence-electron chi connectivity index (χ0n) is 19.1. The monoisotopic (exact) mass is 462 g/mol. The summed E-state index contributed by atoms with van der Waals surface area (Å²) in [6, 6.07) is 33.3. The fourth-order valence-electron chi connectivity index (χ4n) is 5.26. The van der Waals surface area contributed by atoms with Gasteiger partial charge >= 0.3 is 0 Å². The molecular formula is C31H18N4O. The Balaban J connectivity index is 1.57. The lowest BCUT2D eigenvalue weighted by Gasteiger charge is -2.12. The van der Waals surface area contributed by atoms with E-state index in [-0.39, 0.29) is 0 Å². The Morgan fingerprint density at radius 2 is 1.33 bits per heavy atom. The van der Waals surface area contributed by atoms with Gasteiger partial charge in [0.15, 0.2) is 5.82 Å². The summed E-state index contributed by atoms with van der Waals surface area (Å²) >= 11 is 0. The number of para-hydroxylation sites is 2. The zero-order chi connectivity index (χ0) is 23.6. The molecule has 5 heteroatoms. The van der Waals surface area contributed by atoms with E-state index in [0.29, 0.717) is 5.71 Å². The molecule has 0 aliphatic carbocycles. The Labute approximate surface area is 205 Å². The second-order valence-corrected chi connectivity index (χ2v) is 8.95. The summed E-state index contributed by atoms with van der Waals surface area (Å²) in [7, 11) is 0. The molecule has 0 radical (unpaired) electrons. The number of hydrogen-bond donors (Lipinski definition) is 0. The van der Waals surface area contributed by atoms with E-state index in [1.165, 1.54) is 21.5 Å². The number of hydrogen-bond acceptors (Lipinski definition) is 4. The van der Waals surface area contributed by atoms with E-state index >= 15 is 0 Å². The molecule has 4 aromatic carbocycles. The Hall–Kier alpha value is -5.03. The smallest absolute Gasteiger partial charge is 0.248 e. The van der Waals surface area contributed by atoms with Crippen molar-refractivity contribution in [3.05, 3.63) is 109 Å². The van der Waals surface area contributed by atoms with Crippen molar-refractivity contribution in [3.8, 4) is 17.1 Å². The highest BCUT2D eigenvalue weighted by molar-refractivity contribution is 6.14. The summed E-state index contributed by atoms with van der Waals surface area (Å²) in [6.07, 6.45) is 3.58. The van der Waals surface area contributed by atoms with Crippen LogP contribution in [0.3, 0.4) is 0 Å². The highest BCUT2D eigenvalue weighted by atomic mass is 16.3. The summed E-state index contributed by atoms with van der Waals surface area (Å²) in [5.74, 6) is 0.731. The number of rotatable bonds is 2. The van der Waals surface area contributed by atoms with Crippen LogP contribution in [-0.2, 0) is 0 Å². The molecule has 0 atom stereocenters. The van der Waals surface area contributed by atoms with Crippen molar-refractivity contribution >= 4 is 54.8 Å². The molecule has 0 spiro atoms. The maximum Gasteiger partial charge on any atom is 0.248 e. The van der Waals surface area contributed by atoms with Crippen molar-refractivity contribution in [1.82, 2.24) is 19.5 Å². The minimum Gasteiger partial charge on any atom is -0.436 e. The van der Waals surface area contributed by atoms with Gasteiger partial charge in [0.05, 0.1) is 11.0 Å². The Bertz CT molecular complexity index is 2100. The molecule has 0 fully saturated rings. The third-order valence-electron chi connectivity index (χ3n) is 6.90. The standard InChI is InChI=1S/C31H18N4O/c1-2-8-21-18-26-24(17-20(21)7-1)22-9-3-5-11-25(22)35(26)30-28(19-13-15-32-16-14-19)33-29-23-10-4-6-12-27(23)36-31(29)34-30/h1-18H. The van der Waals surface area contributed by atoms with Crippen molar-refractivity contribution in [2.75, 3.05) is 0 Å². The van der Waals surface area contributed by atoms with Crippen LogP contribution in [0.4, 0.5) is 0 Å². The number of nitrogens with zero attached hydrogens (tertiary/aromatic N) is 4. The van der Waals surface area contributed by atoms with E-state index < -0.39 is 0 Å². The molecule has 0 unspecified atom stereocenters. The SMILES string of the molecule is c1ccc2cc3c(cc2c1)c1ccccc1n3-c1nc2oc3ccccc3c2nc1-c1ccncc1. The second kappa shape index (κ2) is 7.23. The van der Waals surface area contributed by atoms with Crippen LogP contribution in [0.15, 0.2) is 114 Å². The molecule has 0 saturated carbocycles. The molecular weight excluding hydrogens is 444 g/mol. The Kier molecular flexibility index (Phi) is 3.88. The van der Waals surface area contributed by atoms with Crippen molar-refractivity contribution in [2.24, 2.45) is 0 Å². The van der Waals surface area contributed by atoms with Crippen LogP contribution in [0, 0.1) is 0 Å². The van der Waals surface area contributed by atoms with Crippen molar-refractivity contribution in [1.29, 1.82) is 0 Å². The maximum absolute atomic E-state index is 6.18. The topological polar surface area (TPSA) is 56.7 Å². The van der Waals surface area contributed by atoms with E-state index in [9.17, 15) is 0 Å². The molecule has 36 heavy (non-hydrogen) atoms. The van der Waals surface area contributed by atoms with Crippen LogP contribution in [0.25, 0.3) is 71.9 Å². The van der Waals surface area contributed by atoms with E-state index in [0.717, 1.165) is 44.6 Å². The molecule has 4 aromatic heterocycles. The number of aromatic nitrogens is 4. The molecule has 4 heterocycles. The van der Waals surface area contributed by atoms with Crippen LogP contribution in [-0.4, -0.2) is 19.5 Å². The summed E-state index contributed by atoms with van der Waals surface area (Å²) in [5, 5.41) is 5.69. The maximum atomic E-state index is 6.18. The van der Waals surface area contributed by atoms with Gasteiger partial charge in [-0.05, 0) is 53.2 Å². The number of pyridine rings is 1. The molecule has 0 bridgehead atoms. The minimum atomic E-state index is 0.524. The minimum absolute atomic E-state index is 0.524. The Morgan fingerprint density at radius 3 is 2.19 bits per heavy atom. The van der Waals surface area contributed by atoms with Crippen LogP contribution < -0.4 is 0 Å². The molecule has 8 rings (SSSR count). The van der Waals surface area contributed by atoms with E-state index in [4.69, 9.17) is 14.4 Å². The van der Waals surface area contributed by atoms with Gasteiger partial charge in [-0.1, -0.05) is 54.6 Å². The molecule has 168 valence electrons. The van der Waals surface area contributed by atoms with Crippen molar-refractivity contribution in [2.45, 2.75) is 0 Å². The highest BCUT2D eigenvalue weighted by Crippen LogP contribution is 2.38. The van der Waals surface area contributed by atoms with E-state index in [1.54, 1.807) is 12.4 Å². The third-order valence-corrected chi connectivity index (χ3v) is 6.90. The van der Waals surface area contributed by atoms with Gasteiger partial charge in [0.2, 0.25) is 5.71 Å². The largest absolute Gasteiger partial charge is 0.436 e. The van der Waals surface area contributed by atoms with Crippen LogP contribution in [0.1, 0.15) is 0 Å². The number of furan rings is 1. The second-order valence-electron chi connectivity index (χ2n) is 8.95. The predicted octanol–water partition coefficient (Wildman–Crippen LogP) is 7.69. The van der Waals surface area contributed by atoms with E-state index in [1.807, 2.05) is 36.4 Å². The lowest BCUT2D eigenvalue weighted by atomic mass is 10.1. The molecule has 0 N–H and O–H groups in total. The van der Waals surface area contributed by atoms with Crippen LogP contribution in [0.5, 0.6) is 0 Å². The van der Waals surface area contributed by atoms with E-state index in [2.05, 4.69) is 70.2 Å². The van der Waals surface area contributed by atoms with Gasteiger partial charge in [-0.25, -0.2) is 4.98 Å². The summed E-state index contributed by atoms with van der Waals surface area (Å²) in [4.78, 5) is 14.5. The average Bonchev–Trinajstić information content (AvgIpc) is 3.46. The first-order valence-corrected chi connectivity index (χ1v) is 11.9. The van der Waals surface area contributed by atoms with Gasteiger partial charge in [-0.2, -0.15) is 4.98 Å². The van der Waals surface area contributed by atoms with Gasteiger partial charge in [-0.15, -0.1) is 0 Å². The predicted molar refractivity (Wildman–Crippen MR) is 144 cm³/mol. The van der Waals surface area contributed by atoms with Gasteiger partial charge in [0.1, 0.15) is 16.8 Å². The van der Waals surface area contributed by atoms with Gasteiger partial charge < -0.3 is 4.42 Å². The molecule has 8 aromatic rings. The quantitative estimate of drug-likeness (QED) is 0.264. The van der Waals surface area contributed by atoms with Crippen molar-refractivity contribution in [3.63, 3.8) is 0 Å². The first kappa shape index (κ1) is 19.3. The summed E-state index contributed by atoms with van der Waals surface area (Å²) in [6.45, 7) is 0. The summed E-state index contributed by atoms with van der Waals surface area (Å²) < 4.78 is 8.39. The molecule has 0 aliphatic rings. The van der Waals surface area contributed by atoms with Crippen molar-refractivity contribution < 1.29 is 4.42 Å². The van der Waals surface area contributed by atoms with Gasteiger partial charge in [0.25, 0.3) is 0 Å². The zero-order valence-corrected chi connectivity index (χ0v) is 19.1. The number of fused-ring (bicyclic) bond motifs is 7. The first-order valence-electron chi connectivity index (χ1n) is 11.9. The lowest BCUT2D eigenvalue weighted by Crippen LogP contribution is -2.03. The third kappa shape index (κ3) is 2.68. The summed E-state index contributed by atoms with van der Waals surface area (Å²) in [5.41, 5.74) is 5.94. The fourth-order valence-corrected chi connectivity index (χ4v) is 5.26. The molecule has 0 aliphatic heterocycles. The van der Waals surface area contributed by atoms with Gasteiger partial charge in [0, 0.05) is 34.1 Å². The van der Waals surface area contributed by atoms with Crippen LogP contribution in [0.2, 0.25) is 0 Å². The molecule has 5 nitrogen and oxygen atoms in total. The molecule has 0 amide bonds. The van der Waals surface area contributed by atoms with Gasteiger partial charge in [-0.3, -0.25) is 9.55 Å².